The summed E-state index contributed by atoms with van der Waals surface area (Å²) in [6, 6.07) is 3.86. The average Bonchev–Trinajstić information content (AvgIpc) is 2.95. The summed E-state index contributed by atoms with van der Waals surface area (Å²) in [4.78, 5) is 21.9. The predicted octanol–water partition coefficient (Wildman–Crippen LogP) is 5.31. The number of benzene rings is 1. The minimum atomic E-state index is -0.259. The lowest BCUT2D eigenvalue weighted by atomic mass is 9.99. The Morgan fingerprint density at radius 2 is 2.12 bits per heavy atom. The first-order valence-electron chi connectivity index (χ1n) is 8.64. The van der Waals surface area contributed by atoms with Crippen LogP contribution in [-0.2, 0) is 0 Å². The van der Waals surface area contributed by atoms with Crippen LogP contribution < -0.4 is 10.6 Å². The lowest BCUT2D eigenvalue weighted by Gasteiger charge is -2.27. The Morgan fingerprint density at radius 3 is 2.72 bits per heavy atom. The van der Waals surface area contributed by atoms with Crippen molar-refractivity contribution in [3.63, 3.8) is 0 Å². The summed E-state index contributed by atoms with van der Waals surface area (Å²) in [5.74, 6) is -0.0323. The van der Waals surface area contributed by atoms with Crippen molar-refractivity contribution in [3.05, 3.63) is 17.0 Å². The molecule has 1 aromatic heterocycles. The quantitative estimate of drug-likeness (QED) is 0.731. The van der Waals surface area contributed by atoms with E-state index in [1.165, 1.54) is 11.3 Å². The molecule has 0 spiro atoms. The molecule has 1 atom stereocenters. The van der Waals surface area contributed by atoms with Crippen LogP contribution >= 0.6 is 11.3 Å². The normalized spacial score (nSPS) is 19.5. The zero-order valence-corrected chi connectivity index (χ0v) is 16.4. The number of nitrogens with zero attached hydrogens (tertiary/aromatic N) is 2. The van der Waals surface area contributed by atoms with Crippen LogP contribution in [0.5, 0.6) is 0 Å². The van der Waals surface area contributed by atoms with Crippen LogP contribution in [0.4, 0.5) is 17.1 Å². The van der Waals surface area contributed by atoms with Gasteiger partial charge in [0.15, 0.2) is 0 Å². The Bertz CT molecular complexity index is 824. The van der Waals surface area contributed by atoms with Gasteiger partial charge in [0.05, 0.1) is 22.6 Å². The number of fused-ring (bicyclic) bond motifs is 3. The summed E-state index contributed by atoms with van der Waals surface area (Å²) >= 11 is 1.48. The second kappa shape index (κ2) is 7.78. The van der Waals surface area contributed by atoms with Crippen molar-refractivity contribution in [1.29, 1.82) is 0 Å². The van der Waals surface area contributed by atoms with E-state index in [-0.39, 0.29) is 11.4 Å². The number of amides is 1. The summed E-state index contributed by atoms with van der Waals surface area (Å²) in [5, 5.41) is 7.55. The Labute approximate surface area is 153 Å². The smallest absolute Gasteiger partial charge is 0.264 e. The molecular weight excluding hydrogens is 332 g/mol. The largest absolute Gasteiger partial charge is 0.381 e. The molecule has 25 heavy (non-hydrogen) atoms. The summed E-state index contributed by atoms with van der Waals surface area (Å²) in [6.45, 7) is 14.3. The lowest BCUT2D eigenvalue weighted by Crippen LogP contribution is -2.48. The van der Waals surface area contributed by atoms with Gasteiger partial charge in [-0.3, -0.25) is 14.8 Å². The molecule has 0 fully saturated rings. The molecule has 6 heteroatoms. The van der Waals surface area contributed by atoms with Crippen molar-refractivity contribution >= 4 is 57.3 Å². The van der Waals surface area contributed by atoms with Gasteiger partial charge in [0, 0.05) is 22.8 Å². The maximum atomic E-state index is 12.7. The monoisotopic (exact) mass is 358 g/mol. The summed E-state index contributed by atoms with van der Waals surface area (Å²) in [6.07, 6.45) is 2.60. The number of hydrogen-bond donors (Lipinski definition) is 2. The van der Waals surface area contributed by atoms with Gasteiger partial charge in [-0.2, -0.15) is 0 Å². The molecule has 0 radical (unpaired) electrons. The van der Waals surface area contributed by atoms with Crippen molar-refractivity contribution in [2.45, 2.75) is 46.6 Å². The van der Waals surface area contributed by atoms with E-state index in [1.54, 1.807) is 6.21 Å². The van der Waals surface area contributed by atoms with E-state index in [4.69, 9.17) is 0 Å². The number of hydrogen-bond acceptors (Lipinski definition) is 5. The average molecular weight is 359 g/mol. The molecule has 2 heterocycles. The van der Waals surface area contributed by atoms with Crippen LogP contribution in [0.3, 0.4) is 0 Å². The Kier molecular flexibility index (Phi) is 5.95. The molecule has 1 amide bonds. The SMILES string of the molecule is C=Nc1ccc2sc3c(c2c1N=CC)NCC(C)(CC)NC3=O.CC. The van der Waals surface area contributed by atoms with Crippen molar-refractivity contribution in [2.75, 3.05) is 11.9 Å². The van der Waals surface area contributed by atoms with Gasteiger partial charge in [0.25, 0.3) is 5.91 Å². The van der Waals surface area contributed by atoms with E-state index in [2.05, 4.69) is 41.2 Å². The highest BCUT2D eigenvalue weighted by Gasteiger charge is 2.32. The minimum absolute atomic E-state index is 0.0323. The second-order valence-corrected chi connectivity index (χ2v) is 6.93. The molecule has 5 nitrogen and oxygen atoms in total. The van der Waals surface area contributed by atoms with E-state index < -0.39 is 0 Å². The third-order valence-electron chi connectivity index (χ3n) is 4.29. The van der Waals surface area contributed by atoms with Crippen LogP contribution in [0.1, 0.15) is 50.7 Å². The molecule has 0 saturated carbocycles. The van der Waals surface area contributed by atoms with Crippen LogP contribution in [0, 0.1) is 0 Å². The van der Waals surface area contributed by atoms with Gasteiger partial charge in [-0.05, 0) is 39.1 Å². The maximum absolute atomic E-state index is 12.7. The number of aliphatic imine (C=N–C) groups is 2. The molecular formula is C19H26N4OS. The zero-order valence-electron chi connectivity index (χ0n) is 15.6. The maximum Gasteiger partial charge on any atom is 0.264 e. The van der Waals surface area contributed by atoms with Gasteiger partial charge in [-0.25, -0.2) is 0 Å². The first-order chi connectivity index (χ1) is 12.0. The zero-order chi connectivity index (χ0) is 18.6. The molecule has 134 valence electrons. The number of carbonyl (C=O) groups is 1. The number of nitrogens with one attached hydrogen (secondary N) is 2. The molecule has 0 bridgehead atoms. The molecule has 2 N–H and O–H groups in total. The molecule has 1 unspecified atom stereocenters. The minimum Gasteiger partial charge on any atom is -0.381 e. The number of rotatable bonds is 3. The van der Waals surface area contributed by atoms with Gasteiger partial charge < -0.3 is 10.6 Å². The second-order valence-electron chi connectivity index (χ2n) is 5.88. The van der Waals surface area contributed by atoms with Crippen molar-refractivity contribution in [3.8, 4) is 0 Å². The van der Waals surface area contributed by atoms with Crippen LogP contribution in [-0.4, -0.2) is 30.9 Å². The third-order valence-corrected chi connectivity index (χ3v) is 5.45. The van der Waals surface area contributed by atoms with E-state index >= 15 is 0 Å². The van der Waals surface area contributed by atoms with E-state index in [9.17, 15) is 4.79 Å². The molecule has 3 rings (SSSR count). The van der Waals surface area contributed by atoms with Crippen molar-refractivity contribution in [1.82, 2.24) is 5.32 Å². The summed E-state index contributed by atoms with van der Waals surface area (Å²) in [5.41, 5.74) is 2.08. The number of anilines is 1. The van der Waals surface area contributed by atoms with Gasteiger partial charge in [0.1, 0.15) is 4.88 Å². The number of carbonyl (C=O) groups excluding carboxylic acids is 1. The molecule has 1 aliphatic heterocycles. The van der Waals surface area contributed by atoms with Crippen LogP contribution in [0.2, 0.25) is 0 Å². The molecule has 1 aliphatic rings. The summed E-state index contributed by atoms with van der Waals surface area (Å²) < 4.78 is 1.02. The fourth-order valence-corrected chi connectivity index (χ4v) is 3.83. The highest BCUT2D eigenvalue weighted by Crippen LogP contribution is 2.46. The van der Waals surface area contributed by atoms with E-state index in [1.807, 2.05) is 32.9 Å². The predicted molar refractivity (Wildman–Crippen MR) is 111 cm³/mol. The van der Waals surface area contributed by atoms with E-state index in [0.29, 0.717) is 11.4 Å². The first kappa shape index (κ1) is 19.1. The van der Waals surface area contributed by atoms with Crippen LogP contribution in [0.15, 0.2) is 22.1 Å². The van der Waals surface area contributed by atoms with Crippen molar-refractivity contribution in [2.24, 2.45) is 9.98 Å². The molecule has 0 aliphatic carbocycles. The molecule has 2 aromatic rings. The standard InChI is InChI=1S/C17H20N4OS.C2H6/c1-5-17(3)9-20-14-12-11(23-15(14)16(22)21-17)8-7-10(18-4)13(12)19-6-2;1-2/h6-8,20H,4-5,9H2,1-3H3,(H,21,22);1-2H3. The first-order valence-corrected chi connectivity index (χ1v) is 9.46. The Morgan fingerprint density at radius 1 is 1.40 bits per heavy atom. The number of thiophene rings is 1. The van der Waals surface area contributed by atoms with Gasteiger partial charge in [-0.15, -0.1) is 11.3 Å². The Balaban J connectivity index is 0.00000109. The highest BCUT2D eigenvalue weighted by molar-refractivity contribution is 7.21. The fraction of sp³-hybridized carbons (Fsp3) is 0.421. The molecule has 1 aromatic carbocycles. The van der Waals surface area contributed by atoms with Gasteiger partial charge in [0.2, 0.25) is 0 Å². The molecule has 0 saturated heterocycles. The fourth-order valence-electron chi connectivity index (χ4n) is 2.75. The Hall–Kier alpha value is -2.21. The van der Waals surface area contributed by atoms with Gasteiger partial charge in [-0.1, -0.05) is 20.8 Å². The topological polar surface area (TPSA) is 65.8 Å². The summed E-state index contributed by atoms with van der Waals surface area (Å²) in [7, 11) is 0. The van der Waals surface area contributed by atoms with Gasteiger partial charge >= 0.3 is 0 Å². The highest BCUT2D eigenvalue weighted by atomic mass is 32.1. The third kappa shape index (κ3) is 3.44. The lowest BCUT2D eigenvalue weighted by molar-refractivity contribution is 0.0917. The van der Waals surface area contributed by atoms with E-state index in [0.717, 1.165) is 33.6 Å². The van der Waals surface area contributed by atoms with Crippen LogP contribution in [0.25, 0.3) is 10.1 Å². The van der Waals surface area contributed by atoms with Crippen molar-refractivity contribution < 1.29 is 4.79 Å².